The number of amides is 2. The SMILES string of the molecule is [2H]N(C(=O)c1c(C)nn(-c2cc[nH]c(=O)c2)c1C)[C@H](C(=O)N[C@@H](CCC(=O)OCC)C(=O)OCC)C(C)C. The molecule has 3 N–H and O–H groups in total. The van der Waals surface area contributed by atoms with Crippen molar-refractivity contribution in [3.8, 4) is 5.69 Å². The fraction of sp³-hybridized carbons (Fsp3) is 0.520. The van der Waals surface area contributed by atoms with E-state index in [4.69, 9.17) is 10.9 Å². The summed E-state index contributed by atoms with van der Waals surface area (Å²) < 4.78 is 19.9. The van der Waals surface area contributed by atoms with E-state index in [9.17, 15) is 24.0 Å². The largest absolute Gasteiger partial charge is 0.466 e. The van der Waals surface area contributed by atoms with Gasteiger partial charge in [0.25, 0.3) is 5.91 Å². The third-order valence-electron chi connectivity index (χ3n) is 5.49. The van der Waals surface area contributed by atoms with Crippen LogP contribution in [0.25, 0.3) is 5.69 Å². The van der Waals surface area contributed by atoms with E-state index in [0.29, 0.717) is 22.4 Å². The molecule has 0 fully saturated rings. The van der Waals surface area contributed by atoms with E-state index in [-0.39, 0.29) is 37.2 Å². The van der Waals surface area contributed by atoms with E-state index in [1.165, 1.54) is 16.9 Å². The number of nitrogens with one attached hydrogen (secondary N) is 3. The monoisotopic (exact) mass is 518 g/mol. The molecule has 2 rings (SSSR count). The number of aromatic amines is 1. The number of ether oxygens (including phenoxy) is 2. The Hall–Kier alpha value is -3.96. The number of hydrogen-bond acceptors (Lipinski definition) is 8. The summed E-state index contributed by atoms with van der Waals surface area (Å²) in [4.78, 5) is 65.2. The second-order valence-corrected chi connectivity index (χ2v) is 8.65. The van der Waals surface area contributed by atoms with E-state index >= 15 is 0 Å². The highest BCUT2D eigenvalue weighted by Gasteiger charge is 2.31. The maximum absolute atomic E-state index is 13.4. The number of rotatable bonds is 12. The zero-order valence-electron chi connectivity index (χ0n) is 23.0. The van der Waals surface area contributed by atoms with Gasteiger partial charge >= 0.3 is 11.9 Å². The van der Waals surface area contributed by atoms with Gasteiger partial charge < -0.3 is 25.1 Å². The summed E-state index contributed by atoms with van der Waals surface area (Å²) in [6.07, 6.45) is 1.25. The molecule has 0 aromatic carbocycles. The van der Waals surface area contributed by atoms with Gasteiger partial charge in [-0.2, -0.15) is 5.10 Å². The first-order valence-corrected chi connectivity index (χ1v) is 12.1. The number of hydrogen-bond donors (Lipinski definition) is 3. The van der Waals surface area contributed by atoms with Crippen LogP contribution in [0.4, 0.5) is 0 Å². The van der Waals surface area contributed by atoms with Gasteiger partial charge in [-0.15, -0.1) is 0 Å². The van der Waals surface area contributed by atoms with E-state index in [2.05, 4.69) is 15.4 Å². The molecular formula is C25H35N5O7. The number of pyridine rings is 1. The van der Waals surface area contributed by atoms with Crippen LogP contribution in [0.5, 0.6) is 0 Å². The van der Waals surface area contributed by atoms with Crippen molar-refractivity contribution >= 4 is 23.8 Å². The van der Waals surface area contributed by atoms with Crippen molar-refractivity contribution in [2.75, 3.05) is 13.2 Å². The van der Waals surface area contributed by atoms with Gasteiger partial charge in [0.2, 0.25) is 11.5 Å². The number of carbonyl (C=O) groups excluding carboxylic acids is 4. The molecule has 2 aromatic heterocycles. The van der Waals surface area contributed by atoms with Crippen LogP contribution in [0.1, 0.15) is 62.3 Å². The molecule has 0 aliphatic rings. The minimum Gasteiger partial charge on any atom is -0.466 e. The van der Waals surface area contributed by atoms with E-state index in [0.717, 1.165) is 0 Å². The summed E-state index contributed by atoms with van der Waals surface area (Å²) in [5, 5.41) is 7.45. The van der Waals surface area contributed by atoms with Crippen molar-refractivity contribution in [3.63, 3.8) is 0 Å². The fourth-order valence-electron chi connectivity index (χ4n) is 3.71. The van der Waals surface area contributed by atoms with Gasteiger partial charge in [-0.25, -0.2) is 9.48 Å². The molecule has 0 aliphatic carbocycles. The van der Waals surface area contributed by atoms with Crippen LogP contribution in [0.3, 0.4) is 0 Å². The predicted octanol–water partition coefficient (Wildman–Crippen LogP) is 1.32. The maximum atomic E-state index is 13.4. The number of esters is 2. The first-order chi connectivity index (χ1) is 17.9. The molecule has 2 heterocycles. The molecule has 0 saturated heterocycles. The Morgan fingerprint density at radius 1 is 1.16 bits per heavy atom. The Morgan fingerprint density at radius 3 is 2.43 bits per heavy atom. The van der Waals surface area contributed by atoms with Crippen LogP contribution in [0.2, 0.25) is 1.41 Å². The van der Waals surface area contributed by atoms with Crippen LogP contribution in [0, 0.1) is 19.8 Å². The summed E-state index contributed by atoms with van der Waals surface area (Å²) in [7, 11) is 0. The highest BCUT2D eigenvalue weighted by atomic mass is 16.5. The zero-order chi connectivity index (χ0) is 28.6. The van der Waals surface area contributed by atoms with Gasteiger partial charge in [-0.1, -0.05) is 13.8 Å². The van der Waals surface area contributed by atoms with Gasteiger partial charge in [0, 0.05) is 18.7 Å². The molecular weight excluding hydrogens is 482 g/mol. The Balaban J connectivity index is 2.31. The molecule has 2 aromatic rings. The number of carbonyl (C=O) groups is 4. The summed E-state index contributed by atoms with van der Waals surface area (Å²) >= 11 is 0. The summed E-state index contributed by atoms with van der Waals surface area (Å²) in [6.45, 7) is 10.1. The van der Waals surface area contributed by atoms with E-state index < -0.39 is 41.8 Å². The smallest absolute Gasteiger partial charge is 0.328 e. The van der Waals surface area contributed by atoms with Crippen LogP contribution in [-0.4, -0.2) is 63.8 Å². The standard InChI is InChI=1S/C25H35N5O7/c1-7-36-20(32)10-9-18(25(35)37-8-2)27-24(34)22(14(3)4)28-23(33)21-15(5)29-30(16(21)6)17-11-12-26-19(31)13-17/h11-14,18,22H,7-10H2,1-6H3,(H,26,31)(H,27,34)(H,28,33)/t18-,22-/m0/s1/i/hD. The van der Waals surface area contributed by atoms with E-state index in [1.54, 1.807) is 47.6 Å². The lowest BCUT2D eigenvalue weighted by Gasteiger charge is -2.25. The second-order valence-electron chi connectivity index (χ2n) is 8.65. The lowest BCUT2D eigenvalue weighted by atomic mass is 10.0. The first kappa shape index (κ1) is 27.6. The number of H-pyrrole nitrogens is 1. The number of aromatic nitrogens is 3. The average molecular weight is 519 g/mol. The van der Waals surface area contributed by atoms with Crippen LogP contribution in [0.15, 0.2) is 23.1 Å². The third kappa shape index (κ3) is 7.76. The van der Waals surface area contributed by atoms with Gasteiger partial charge in [-0.3, -0.25) is 19.2 Å². The lowest BCUT2D eigenvalue weighted by molar-refractivity contribution is -0.149. The van der Waals surface area contributed by atoms with E-state index in [1.807, 2.05) is 0 Å². The lowest BCUT2D eigenvalue weighted by Crippen LogP contribution is -2.54. The quantitative estimate of drug-likeness (QED) is 0.355. The molecule has 2 atom stereocenters. The summed E-state index contributed by atoms with van der Waals surface area (Å²) in [5.74, 6) is -3.29. The molecule has 0 bridgehead atoms. The second kappa shape index (κ2) is 13.4. The Labute approximate surface area is 216 Å². The molecule has 0 radical (unpaired) electrons. The number of nitrogens with zero attached hydrogens (tertiary/aromatic N) is 2. The summed E-state index contributed by atoms with van der Waals surface area (Å²) in [5.41, 5.74) is 0.898. The third-order valence-corrected chi connectivity index (χ3v) is 5.49. The Kier molecular flexibility index (Phi) is 9.99. The van der Waals surface area contributed by atoms with Crippen molar-refractivity contribution in [3.05, 3.63) is 45.6 Å². The van der Waals surface area contributed by atoms with Crippen LogP contribution < -0.4 is 16.2 Å². The highest BCUT2D eigenvalue weighted by Crippen LogP contribution is 2.18. The molecule has 0 aliphatic heterocycles. The first-order valence-electron chi connectivity index (χ1n) is 12.6. The van der Waals surface area contributed by atoms with Crippen molar-refractivity contribution in [1.82, 2.24) is 25.4 Å². The molecule has 2 amide bonds. The molecule has 202 valence electrons. The molecule has 0 unspecified atom stereocenters. The van der Waals surface area contributed by atoms with Gasteiger partial charge in [0.05, 0.1) is 35.9 Å². The summed E-state index contributed by atoms with van der Waals surface area (Å²) in [6, 6.07) is 0.495. The average Bonchev–Trinajstić information content (AvgIpc) is 3.14. The van der Waals surface area contributed by atoms with Crippen LogP contribution >= 0.6 is 0 Å². The number of aryl methyl sites for hydroxylation is 1. The van der Waals surface area contributed by atoms with Gasteiger partial charge in [0.15, 0.2) is 1.41 Å². The van der Waals surface area contributed by atoms with Crippen molar-refractivity contribution in [2.24, 2.45) is 5.92 Å². The van der Waals surface area contributed by atoms with Crippen molar-refractivity contribution in [2.45, 2.75) is 66.5 Å². The van der Waals surface area contributed by atoms with Gasteiger partial charge in [-0.05, 0) is 46.1 Å². The molecule has 0 saturated carbocycles. The topological polar surface area (TPSA) is 161 Å². The van der Waals surface area contributed by atoms with Crippen molar-refractivity contribution < 1.29 is 30.1 Å². The molecule has 0 spiro atoms. The van der Waals surface area contributed by atoms with Gasteiger partial charge in [0.1, 0.15) is 12.1 Å². The Bertz CT molecular complexity index is 1220. The molecule has 12 nitrogen and oxygen atoms in total. The fourth-order valence-corrected chi connectivity index (χ4v) is 3.71. The minimum absolute atomic E-state index is 0.0666. The maximum Gasteiger partial charge on any atom is 0.328 e. The van der Waals surface area contributed by atoms with Crippen molar-refractivity contribution in [1.29, 1.82) is 0 Å². The molecule has 37 heavy (non-hydrogen) atoms. The Morgan fingerprint density at radius 2 is 1.84 bits per heavy atom. The highest BCUT2D eigenvalue weighted by molar-refractivity contribution is 6.00. The zero-order valence-corrected chi connectivity index (χ0v) is 22.0. The molecule has 12 heteroatoms. The normalized spacial score (nSPS) is 12.9. The minimum atomic E-state index is -1.27. The predicted molar refractivity (Wildman–Crippen MR) is 134 cm³/mol. The van der Waals surface area contributed by atoms with Crippen LogP contribution in [-0.2, 0) is 23.9 Å².